The van der Waals surface area contributed by atoms with Gasteiger partial charge in [0.05, 0.1) is 31.3 Å². The van der Waals surface area contributed by atoms with Gasteiger partial charge in [-0.15, -0.1) is 0 Å². The van der Waals surface area contributed by atoms with Crippen LogP contribution in [0.4, 0.5) is 0 Å². The largest absolute Gasteiger partial charge is 0.484 e. The van der Waals surface area contributed by atoms with Gasteiger partial charge in [0.1, 0.15) is 11.8 Å². The standard InChI is InChI=1S/C33H39ClN4O7S/c34-28-8-6-26(7-9-28)24-38(32(27-4-2-1-3-5-27)33(40)35-14-15-36-16-20-43-21-17-36)31(39)25-45-29-10-12-30(13-11-29)46(41,42)37-18-22-44-23-19-37/h1-13,32H,14-25H2,(H,35,40). The first kappa shape index (κ1) is 33.8. The second-order valence-electron chi connectivity index (χ2n) is 11.0. The lowest BCUT2D eigenvalue weighted by atomic mass is 10.0. The van der Waals surface area contributed by atoms with Crippen LogP contribution in [0.2, 0.25) is 5.02 Å². The number of hydrogen-bond donors (Lipinski definition) is 1. The molecule has 1 atom stereocenters. The number of nitrogens with zero attached hydrogens (tertiary/aromatic N) is 3. The van der Waals surface area contributed by atoms with E-state index in [2.05, 4.69) is 10.2 Å². The normalized spacial score (nSPS) is 16.8. The quantitative estimate of drug-likeness (QED) is 0.295. The van der Waals surface area contributed by atoms with E-state index in [1.54, 1.807) is 12.1 Å². The number of morpholine rings is 2. The van der Waals surface area contributed by atoms with Gasteiger partial charge in [-0.2, -0.15) is 4.31 Å². The van der Waals surface area contributed by atoms with Crippen molar-refractivity contribution < 1.29 is 32.2 Å². The highest BCUT2D eigenvalue weighted by atomic mass is 35.5. The minimum Gasteiger partial charge on any atom is -0.484 e. The van der Waals surface area contributed by atoms with Crippen LogP contribution >= 0.6 is 11.6 Å². The van der Waals surface area contributed by atoms with Gasteiger partial charge in [-0.05, 0) is 47.5 Å². The Morgan fingerprint density at radius 1 is 0.870 bits per heavy atom. The van der Waals surface area contributed by atoms with Crippen LogP contribution in [0.5, 0.6) is 5.75 Å². The van der Waals surface area contributed by atoms with Crippen LogP contribution in [-0.2, 0) is 35.6 Å². The van der Waals surface area contributed by atoms with Crippen molar-refractivity contribution in [2.45, 2.75) is 17.5 Å². The fourth-order valence-electron chi connectivity index (χ4n) is 5.35. The van der Waals surface area contributed by atoms with E-state index in [9.17, 15) is 18.0 Å². The average Bonchev–Trinajstić information content (AvgIpc) is 3.09. The summed E-state index contributed by atoms with van der Waals surface area (Å²) in [5.41, 5.74) is 1.45. The molecule has 2 saturated heterocycles. The van der Waals surface area contributed by atoms with Crippen molar-refractivity contribution in [1.82, 2.24) is 19.4 Å². The molecule has 2 aliphatic rings. The number of ether oxygens (including phenoxy) is 3. The fraction of sp³-hybridized carbons (Fsp3) is 0.394. The van der Waals surface area contributed by atoms with Crippen LogP contribution in [0.3, 0.4) is 0 Å². The predicted octanol–water partition coefficient (Wildman–Crippen LogP) is 2.96. The van der Waals surface area contributed by atoms with Gasteiger partial charge in [-0.25, -0.2) is 8.42 Å². The van der Waals surface area contributed by atoms with Crippen molar-refractivity contribution in [2.75, 3.05) is 72.3 Å². The Morgan fingerprint density at radius 3 is 2.15 bits per heavy atom. The summed E-state index contributed by atoms with van der Waals surface area (Å²) >= 11 is 6.12. The summed E-state index contributed by atoms with van der Waals surface area (Å²) < 4.78 is 43.9. The third kappa shape index (κ3) is 9.05. The molecule has 13 heteroatoms. The molecule has 0 spiro atoms. The number of nitrogens with one attached hydrogen (secondary N) is 1. The fourth-order valence-corrected chi connectivity index (χ4v) is 6.88. The maximum atomic E-state index is 13.9. The molecular formula is C33H39ClN4O7S. The van der Waals surface area contributed by atoms with E-state index in [0.717, 1.165) is 18.7 Å². The molecule has 0 aromatic heterocycles. The van der Waals surface area contributed by atoms with E-state index in [1.807, 2.05) is 42.5 Å². The van der Waals surface area contributed by atoms with Gasteiger partial charge < -0.3 is 24.4 Å². The van der Waals surface area contributed by atoms with Crippen LogP contribution < -0.4 is 10.1 Å². The topological polar surface area (TPSA) is 118 Å². The number of sulfonamides is 1. The average molecular weight is 671 g/mol. The molecule has 2 fully saturated rings. The molecule has 46 heavy (non-hydrogen) atoms. The third-order valence-corrected chi connectivity index (χ3v) is 10.1. The molecule has 2 aliphatic heterocycles. The lowest BCUT2D eigenvalue weighted by Crippen LogP contribution is -2.47. The van der Waals surface area contributed by atoms with Gasteiger partial charge in [0.15, 0.2) is 6.61 Å². The molecule has 246 valence electrons. The van der Waals surface area contributed by atoms with Crippen LogP contribution in [-0.4, -0.2) is 107 Å². The SMILES string of the molecule is O=C(NCCN1CCOCC1)C(c1ccccc1)N(Cc1ccc(Cl)cc1)C(=O)COc1ccc(S(=O)(=O)N2CCOCC2)cc1. The molecule has 0 bridgehead atoms. The number of amides is 2. The Bertz CT molecular complexity index is 1530. The molecule has 11 nitrogen and oxygen atoms in total. The summed E-state index contributed by atoms with van der Waals surface area (Å²) in [5, 5.41) is 3.59. The van der Waals surface area contributed by atoms with E-state index in [4.69, 9.17) is 25.8 Å². The number of rotatable bonds is 13. The van der Waals surface area contributed by atoms with Crippen molar-refractivity contribution in [3.05, 3.63) is 95.0 Å². The van der Waals surface area contributed by atoms with Crippen molar-refractivity contribution in [3.63, 3.8) is 0 Å². The Kier molecular flexibility index (Phi) is 12.0. The highest BCUT2D eigenvalue weighted by Gasteiger charge is 2.32. The lowest BCUT2D eigenvalue weighted by molar-refractivity contribution is -0.143. The van der Waals surface area contributed by atoms with Gasteiger partial charge in [-0.3, -0.25) is 14.5 Å². The van der Waals surface area contributed by atoms with E-state index in [-0.39, 0.29) is 24.0 Å². The number of carbonyl (C=O) groups excluding carboxylic acids is 2. The lowest BCUT2D eigenvalue weighted by Gasteiger charge is -2.32. The summed E-state index contributed by atoms with van der Waals surface area (Å²) in [6.07, 6.45) is 0. The second-order valence-corrected chi connectivity index (χ2v) is 13.4. The summed E-state index contributed by atoms with van der Waals surface area (Å²) in [5.74, 6) is -0.400. The molecule has 2 heterocycles. The Morgan fingerprint density at radius 2 is 1.50 bits per heavy atom. The molecule has 3 aromatic carbocycles. The van der Waals surface area contributed by atoms with Gasteiger partial charge >= 0.3 is 0 Å². The van der Waals surface area contributed by atoms with Crippen molar-refractivity contribution in [3.8, 4) is 5.75 Å². The van der Waals surface area contributed by atoms with Gasteiger partial charge in [-0.1, -0.05) is 54.1 Å². The molecule has 1 unspecified atom stereocenters. The van der Waals surface area contributed by atoms with Gasteiger partial charge in [0.25, 0.3) is 5.91 Å². The highest BCUT2D eigenvalue weighted by molar-refractivity contribution is 7.89. The van der Waals surface area contributed by atoms with Crippen LogP contribution in [0.25, 0.3) is 0 Å². The van der Waals surface area contributed by atoms with Crippen LogP contribution in [0.1, 0.15) is 17.2 Å². The minimum absolute atomic E-state index is 0.131. The van der Waals surface area contributed by atoms with E-state index < -0.39 is 22.0 Å². The smallest absolute Gasteiger partial charge is 0.261 e. The first-order chi connectivity index (χ1) is 22.3. The van der Waals surface area contributed by atoms with E-state index in [1.165, 1.54) is 33.5 Å². The molecule has 0 saturated carbocycles. The van der Waals surface area contributed by atoms with Crippen molar-refractivity contribution in [2.24, 2.45) is 0 Å². The summed E-state index contributed by atoms with van der Waals surface area (Å²) in [4.78, 5) is 31.6. The summed E-state index contributed by atoms with van der Waals surface area (Å²) in [6, 6.07) is 21.3. The molecule has 5 rings (SSSR count). The van der Waals surface area contributed by atoms with Crippen LogP contribution in [0.15, 0.2) is 83.8 Å². The number of hydrogen-bond acceptors (Lipinski definition) is 8. The molecular weight excluding hydrogens is 632 g/mol. The maximum Gasteiger partial charge on any atom is 0.261 e. The summed E-state index contributed by atoms with van der Waals surface area (Å²) in [7, 11) is -3.67. The zero-order chi connectivity index (χ0) is 32.4. The Balaban J connectivity index is 1.32. The van der Waals surface area contributed by atoms with Gasteiger partial charge in [0, 0.05) is 50.8 Å². The Hall–Kier alpha value is -3.52. The van der Waals surface area contributed by atoms with Crippen molar-refractivity contribution >= 4 is 33.4 Å². The first-order valence-electron chi connectivity index (χ1n) is 15.3. The third-order valence-electron chi connectivity index (χ3n) is 7.89. The molecule has 3 aromatic rings. The number of carbonyl (C=O) groups is 2. The monoisotopic (exact) mass is 670 g/mol. The van der Waals surface area contributed by atoms with E-state index in [0.29, 0.717) is 68.9 Å². The number of benzene rings is 3. The van der Waals surface area contributed by atoms with E-state index >= 15 is 0 Å². The molecule has 0 radical (unpaired) electrons. The van der Waals surface area contributed by atoms with Crippen LogP contribution in [0, 0.1) is 0 Å². The summed E-state index contributed by atoms with van der Waals surface area (Å²) in [6.45, 7) is 5.07. The second kappa shape index (κ2) is 16.3. The zero-order valence-corrected chi connectivity index (χ0v) is 27.1. The molecule has 2 amide bonds. The van der Waals surface area contributed by atoms with Crippen molar-refractivity contribution in [1.29, 1.82) is 0 Å². The highest BCUT2D eigenvalue weighted by Crippen LogP contribution is 2.26. The minimum atomic E-state index is -3.67. The molecule has 0 aliphatic carbocycles. The zero-order valence-electron chi connectivity index (χ0n) is 25.6. The Labute approximate surface area is 275 Å². The maximum absolute atomic E-state index is 13.9. The first-order valence-corrected chi connectivity index (χ1v) is 17.1. The molecule has 1 N–H and O–H groups in total. The predicted molar refractivity (Wildman–Crippen MR) is 173 cm³/mol. The van der Waals surface area contributed by atoms with Gasteiger partial charge in [0.2, 0.25) is 15.9 Å². The number of halogens is 1.